The molecule has 1 aliphatic heterocycles. The van der Waals surface area contributed by atoms with Gasteiger partial charge in [-0.05, 0) is 57.5 Å². The maximum absolute atomic E-state index is 13.0. The van der Waals surface area contributed by atoms with Gasteiger partial charge >= 0.3 is 12.3 Å². The van der Waals surface area contributed by atoms with Crippen LogP contribution in [0.4, 0.5) is 18.0 Å². The molecular weight excluding hydrogens is 421 g/mol. The Kier molecular flexibility index (Phi) is 6.51. The zero-order chi connectivity index (χ0) is 23.6. The highest BCUT2D eigenvalue weighted by molar-refractivity contribution is 5.69. The largest absolute Gasteiger partial charge is 0.444 e. The molecule has 0 spiro atoms. The van der Waals surface area contributed by atoms with Crippen LogP contribution >= 0.6 is 0 Å². The Balaban J connectivity index is 2.00. The molecule has 2 aromatic rings. The Hall–Kier alpha value is -3.05. The summed E-state index contributed by atoms with van der Waals surface area (Å²) in [4.78, 5) is 16.9. The summed E-state index contributed by atoms with van der Waals surface area (Å²) in [6.07, 6.45) is -3.64. The van der Waals surface area contributed by atoms with Gasteiger partial charge in [-0.2, -0.15) is 13.2 Å². The zero-order valence-electron chi connectivity index (χ0n) is 18.3. The molecule has 0 aliphatic carbocycles. The molecule has 1 aromatic carbocycles. The van der Waals surface area contributed by atoms with Crippen LogP contribution in [0.25, 0.3) is 0 Å². The summed E-state index contributed by atoms with van der Waals surface area (Å²) < 4.78 is 49.7. The van der Waals surface area contributed by atoms with E-state index in [9.17, 15) is 18.0 Å². The fourth-order valence-corrected chi connectivity index (χ4v) is 3.05. The third-order valence-electron chi connectivity index (χ3n) is 4.68. The fraction of sp³-hybridized carbons (Fsp3) is 0.417. The third kappa shape index (κ3) is 6.01. The second kappa shape index (κ2) is 8.83. The molecule has 1 atom stereocenters. The normalized spacial score (nSPS) is 16.2. The van der Waals surface area contributed by atoms with Gasteiger partial charge in [0, 0.05) is 11.8 Å². The van der Waals surface area contributed by atoms with Crippen molar-refractivity contribution in [2.45, 2.75) is 45.5 Å². The van der Waals surface area contributed by atoms with Crippen molar-refractivity contribution in [1.82, 2.24) is 10.3 Å². The third-order valence-corrected chi connectivity index (χ3v) is 4.68. The zero-order valence-corrected chi connectivity index (χ0v) is 18.3. The molecule has 0 bridgehead atoms. The van der Waals surface area contributed by atoms with Crippen molar-refractivity contribution < 1.29 is 27.4 Å². The van der Waals surface area contributed by atoms with Gasteiger partial charge in [-0.3, -0.25) is 4.98 Å². The first-order valence-electron chi connectivity index (χ1n) is 10.1. The van der Waals surface area contributed by atoms with Crippen molar-refractivity contribution in [2.75, 3.05) is 13.2 Å². The lowest BCUT2D eigenvalue weighted by Crippen LogP contribution is -2.38. The van der Waals surface area contributed by atoms with Gasteiger partial charge in [-0.25, -0.2) is 4.79 Å². The van der Waals surface area contributed by atoms with Crippen LogP contribution < -0.4 is 5.32 Å². The van der Waals surface area contributed by atoms with E-state index < -0.39 is 29.5 Å². The van der Waals surface area contributed by atoms with Gasteiger partial charge in [-0.1, -0.05) is 24.0 Å². The van der Waals surface area contributed by atoms with Crippen molar-refractivity contribution in [2.24, 2.45) is 5.41 Å². The minimum atomic E-state index is -4.46. The second-order valence-corrected chi connectivity index (χ2v) is 8.94. The Morgan fingerprint density at radius 1 is 1.19 bits per heavy atom. The number of nitrogens with one attached hydrogen (secondary N) is 1. The van der Waals surface area contributed by atoms with E-state index in [1.54, 1.807) is 39.1 Å². The number of benzene rings is 1. The Bertz CT molecular complexity index is 1030. The number of carbonyl (C=O) groups excluding carboxylic acids is 1. The second-order valence-electron chi connectivity index (χ2n) is 8.94. The lowest BCUT2D eigenvalue weighted by atomic mass is 9.89. The number of amides is 1. The summed E-state index contributed by atoms with van der Waals surface area (Å²) >= 11 is 0. The molecule has 0 unspecified atom stereocenters. The molecular formula is C24H25F3N2O3. The molecule has 1 amide bonds. The first-order valence-corrected chi connectivity index (χ1v) is 10.1. The maximum Gasteiger partial charge on any atom is 0.416 e. The summed E-state index contributed by atoms with van der Waals surface area (Å²) in [6.45, 7) is 8.18. The first-order chi connectivity index (χ1) is 14.9. The Morgan fingerprint density at radius 2 is 1.84 bits per heavy atom. The molecule has 0 saturated carbocycles. The number of rotatable bonds is 3. The van der Waals surface area contributed by atoms with Crippen LogP contribution in [-0.4, -0.2) is 29.9 Å². The van der Waals surface area contributed by atoms with Crippen LogP contribution in [0.3, 0.4) is 0 Å². The number of ether oxygens (including phenoxy) is 2. The number of halogens is 3. The number of hydrogen-bond donors (Lipinski definition) is 1. The van der Waals surface area contributed by atoms with E-state index in [1.165, 1.54) is 12.1 Å². The average molecular weight is 446 g/mol. The molecule has 170 valence electrons. The molecule has 2 heterocycles. The van der Waals surface area contributed by atoms with Crippen molar-refractivity contribution in [1.29, 1.82) is 0 Å². The van der Waals surface area contributed by atoms with E-state index in [0.717, 1.165) is 12.1 Å². The van der Waals surface area contributed by atoms with Crippen LogP contribution in [0.5, 0.6) is 0 Å². The van der Waals surface area contributed by atoms with Gasteiger partial charge in [0.25, 0.3) is 0 Å². The molecule has 32 heavy (non-hydrogen) atoms. The van der Waals surface area contributed by atoms with E-state index in [0.29, 0.717) is 30.0 Å². The Morgan fingerprint density at radius 3 is 2.38 bits per heavy atom. The van der Waals surface area contributed by atoms with Crippen molar-refractivity contribution >= 4 is 6.09 Å². The van der Waals surface area contributed by atoms with Gasteiger partial charge in [0.15, 0.2) is 0 Å². The lowest BCUT2D eigenvalue weighted by molar-refractivity contribution is -0.137. The monoisotopic (exact) mass is 446 g/mol. The number of carbonyl (C=O) groups is 1. The minimum absolute atomic E-state index is 0.268. The SMILES string of the molecule is CC1(C#Cc2cccnc2[C@@H](NC(=O)OC(C)(C)C)c2ccc(C(F)(F)F)cc2)COC1. The number of nitrogens with zero attached hydrogens (tertiary/aromatic N) is 1. The quantitative estimate of drug-likeness (QED) is 0.667. The standard InChI is InChI=1S/C24H25F3N2O3/c1-22(2,3)32-21(30)29-20(17-7-9-18(10-8-17)24(25,26)27)19-16(6-5-13-28-19)11-12-23(4)14-31-15-23/h5-10,13,20H,14-15H2,1-4H3,(H,29,30)/t20-/m0/s1. The highest BCUT2D eigenvalue weighted by Gasteiger charge is 2.32. The van der Waals surface area contributed by atoms with E-state index in [-0.39, 0.29) is 5.41 Å². The van der Waals surface area contributed by atoms with Crippen molar-refractivity contribution in [3.05, 3.63) is 65.0 Å². The van der Waals surface area contributed by atoms with Crippen molar-refractivity contribution in [3.8, 4) is 11.8 Å². The molecule has 1 aromatic heterocycles. The van der Waals surface area contributed by atoms with E-state index >= 15 is 0 Å². The molecule has 1 fully saturated rings. The van der Waals surface area contributed by atoms with Crippen LogP contribution in [0.15, 0.2) is 42.6 Å². The first kappa shape index (κ1) is 23.6. The molecule has 8 heteroatoms. The van der Waals surface area contributed by atoms with Crippen LogP contribution in [0.2, 0.25) is 0 Å². The summed E-state index contributed by atoms with van der Waals surface area (Å²) in [6, 6.07) is 7.19. The summed E-state index contributed by atoms with van der Waals surface area (Å²) in [5, 5.41) is 2.73. The van der Waals surface area contributed by atoms with Gasteiger partial charge in [0.2, 0.25) is 0 Å². The predicted molar refractivity (Wildman–Crippen MR) is 113 cm³/mol. The molecule has 0 radical (unpaired) electrons. The van der Waals surface area contributed by atoms with E-state index in [1.807, 2.05) is 6.92 Å². The number of hydrogen-bond acceptors (Lipinski definition) is 4. The van der Waals surface area contributed by atoms with Crippen LogP contribution in [0.1, 0.15) is 56.1 Å². The van der Waals surface area contributed by atoms with Gasteiger partial charge < -0.3 is 14.8 Å². The van der Waals surface area contributed by atoms with Gasteiger partial charge in [0.05, 0.1) is 29.9 Å². The van der Waals surface area contributed by atoms with Gasteiger partial charge in [0.1, 0.15) is 11.6 Å². The van der Waals surface area contributed by atoms with Crippen LogP contribution in [0, 0.1) is 17.3 Å². The molecule has 5 nitrogen and oxygen atoms in total. The lowest BCUT2D eigenvalue weighted by Gasteiger charge is -2.32. The predicted octanol–water partition coefficient (Wildman–Crippen LogP) is 5.10. The van der Waals surface area contributed by atoms with E-state index in [4.69, 9.17) is 9.47 Å². The maximum atomic E-state index is 13.0. The molecule has 1 N–H and O–H groups in total. The fourth-order valence-electron chi connectivity index (χ4n) is 3.05. The Labute approximate surface area is 185 Å². The minimum Gasteiger partial charge on any atom is -0.444 e. The number of alkyl carbamates (subject to hydrolysis) is 1. The summed E-state index contributed by atoms with van der Waals surface area (Å²) in [7, 11) is 0. The molecule has 3 rings (SSSR count). The number of alkyl halides is 3. The smallest absolute Gasteiger partial charge is 0.416 e. The summed E-state index contributed by atoms with van der Waals surface area (Å²) in [5.41, 5.74) is -0.410. The topological polar surface area (TPSA) is 60.5 Å². The van der Waals surface area contributed by atoms with Crippen LogP contribution in [-0.2, 0) is 15.7 Å². The number of pyridine rings is 1. The molecule has 1 aliphatic rings. The summed E-state index contributed by atoms with van der Waals surface area (Å²) in [5.74, 6) is 6.27. The average Bonchev–Trinajstić information content (AvgIpc) is 2.67. The number of aromatic nitrogens is 1. The molecule has 1 saturated heterocycles. The highest BCUT2D eigenvalue weighted by atomic mass is 19.4. The highest BCUT2D eigenvalue weighted by Crippen LogP contribution is 2.32. The van der Waals surface area contributed by atoms with E-state index in [2.05, 4.69) is 22.1 Å². The van der Waals surface area contributed by atoms with Crippen molar-refractivity contribution in [3.63, 3.8) is 0 Å². The van der Waals surface area contributed by atoms with Gasteiger partial charge in [-0.15, -0.1) is 0 Å².